The van der Waals surface area contributed by atoms with Gasteiger partial charge in [0.1, 0.15) is 11.9 Å². The number of benzene rings is 2. The van der Waals surface area contributed by atoms with E-state index in [0.29, 0.717) is 24.3 Å². The summed E-state index contributed by atoms with van der Waals surface area (Å²) in [6.45, 7) is 6.46. The maximum absolute atomic E-state index is 13.7. The molecular weight excluding hydrogens is 659 g/mol. The van der Waals surface area contributed by atoms with Crippen molar-refractivity contribution in [2.75, 3.05) is 49.7 Å². The lowest BCUT2D eigenvalue weighted by Crippen LogP contribution is -2.36. The second-order valence-corrected chi connectivity index (χ2v) is 16.0. The third-order valence-corrected chi connectivity index (χ3v) is 10.8. The summed E-state index contributed by atoms with van der Waals surface area (Å²) < 4.78 is 41.0. The zero-order chi connectivity index (χ0) is 35.8. The first-order valence-electron chi connectivity index (χ1n) is 17.0. The van der Waals surface area contributed by atoms with Crippen molar-refractivity contribution in [2.45, 2.75) is 70.1 Å². The molecule has 0 saturated carbocycles. The molecule has 3 heterocycles. The van der Waals surface area contributed by atoms with Crippen molar-refractivity contribution < 1.29 is 27.8 Å². The van der Waals surface area contributed by atoms with Gasteiger partial charge in [0, 0.05) is 0 Å². The van der Waals surface area contributed by atoms with Gasteiger partial charge in [-0.05, 0) is 85.6 Å². The number of pyridine rings is 1. The number of carbonyl (C=O) groups excluding carboxylic acids is 1. The molecule has 2 aliphatic rings. The highest BCUT2D eigenvalue weighted by Gasteiger charge is 2.32. The number of urea groups is 1. The third kappa shape index (κ3) is 7.23. The van der Waals surface area contributed by atoms with Gasteiger partial charge in [0.25, 0.3) is 0 Å². The quantitative estimate of drug-likeness (QED) is 0.199. The Morgan fingerprint density at radius 1 is 1.08 bits per heavy atom. The highest BCUT2D eigenvalue weighted by molar-refractivity contribution is 7.92. The minimum atomic E-state index is -3.78. The smallest absolute Gasteiger partial charge is 0.319 e. The molecule has 0 radical (unpaired) electrons. The van der Waals surface area contributed by atoms with E-state index in [1.165, 1.54) is 7.11 Å². The van der Waals surface area contributed by atoms with Gasteiger partial charge in [-0.2, -0.15) is 0 Å². The molecule has 2 aromatic heterocycles. The molecule has 6 rings (SSSR count). The Morgan fingerprint density at radius 3 is 2.50 bits per heavy atom. The van der Waals surface area contributed by atoms with Crippen LogP contribution in [-0.4, -0.2) is 79.2 Å². The minimum absolute atomic E-state index is 0.164. The maximum atomic E-state index is 13.7. The zero-order valence-corrected chi connectivity index (χ0v) is 30.3. The number of carbonyl (C=O) groups is 1. The van der Waals surface area contributed by atoms with Crippen molar-refractivity contribution in [3.05, 3.63) is 77.2 Å². The molecule has 14 heteroatoms. The van der Waals surface area contributed by atoms with Crippen LogP contribution in [-0.2, 0) is 15.4 Å². The molecular formula is C36H47N7O6S. The molecule has 3 N–H and O–H groups in total. The molecule has 1 aliphatic carbocycles. The van der Waals surface area contributed by atoms with Gasteiger partial charge in [0.2, 0.25) is 10.0 Å². The Bertz CT molecular complexity index is 1980. The van der Waals surface area contributed by atoms with E-state index in [1.54, 1.807) is 12.1 Å². The van der Waals surface area contributed by atoms with Crippen molar-refractivity contribution >= 4 is 33.1 Å². The molecule has 0 spiro atoms. The van der Waals surface area contributed by atoms with E-state index in [9.17, 15) is 18.3 Å². The molecule has 2 aromatic carbocycles. The molecule has 268 valence electrons. The fourth-order valence-corrected chi connectivity index (χ4v) is 7.93. The number of ether oxygens (including phenoxy) is 2. The molecule has 1 unspecified atom stereocenters. The predicted molar refractivity (Wildman–Crippen MR) is 193 cm³/mol. The lowest BCUT2D eigenvalue weighted by atomic mass is 9.85. The summed E-state index contributed by atoms with van der Waals surface area (Å²) in [5.74, 6) is 1.81. The van der Waals surface area contributed by atoms with Gasteiger partial charge in [-0.25, -0.2) is 13.2 Å². The number of aliphatic hydroxyl groups excluding tert-OH is 1. The Balaban J connectivity index is 1.23. The summed E-state index contributed by atoms with van der Waals surface area (Å²) in [5, 5.41) is 24.6. The SMILES string of the molecule is COc1c(NC(=O)N[C@H]2CC[C@@H](Oc3ccc4nnc(C5CCCN5C)n4c3)c3ccccc32)cc(C(C)(C)C)cc1N(CCO)S(C)(=O)=O. The first-order chi connectivity index (χ1) is 23.8. The van der Waals surface area contributed by atoms with Crippen LogP contribution >= 0.6 is 0 Å². The molecule has 13 nitrogen and oxygen atoms in total. The second-order valence-electron chi connectivity index (χ2n) is 14.1. The number of fused-ring (bicyclic) bond motifs is 2. The number of nitrogens with one attached hydrogen (secondary N) is 2. The lowest BCUT2D eigenvalue weighted by Gasteiger charge is -2.32. The van der Waals surface area contributed by atoms with Gasteiger partial charge in [-0.1, -0.05) is 45.0 Å². The maximum Gasteiger partial charge on any atom is 0.319 e. The third-order valence-electron chi connectivity index (χ3n) is 9.60. The van der Waals surface area contributed by atoms with E-state index in [-0.39, 0.29) is 48.2 Å². The van der Waals surface area contributed by atoms with Gasteiger partial charge >= 0.3 is 6.03 Å². The van der Waals surface area contributed by atoms with Crippen molar-refractivity contribution in [1.29, 1.82) is 0 Å². The Labute approximate surface area is 293 Å². The van der Waals surface area contributed by atoms with Crippen LogP contribution in [0, 0.1) is 0 Å². The Morgan fingerprint density at radius 2 is 1.84 bits per heavy atom. The molecule has 1 saturated heterocycles. The standard InChI is InChI=1S/C36H47N7O6S/c1-36(2,3)23-20-28(33(48-5)30(21-23)43(18-19-44)50(6,46)47)38-35(45)37-27-14-15-31(26-11-8-7-10-25(26)27)49-24-13-16-32-39-40-34(42(32)22-24)29-12-9-17-41(29)4/h7-8,10-11,13,16,20-22,27,29,31,44H,9,12,14-15,17-19H2,1-6H3,(H2,37,38,45)/t27-,29?,31+/m0/s1. The van der Waals surface area contributed by atoms with Crippen molar-refractivity contribution in [3.63, 3.8) is 0 Å². The summed E-state index contributed by atoms with van der Waals surface area (Å²) in [4.78, 5) is 16.0. The van der Waals surface area contributed by atoms with E-state index in [4.69, 9.17) is 9.47 Å². The fraction of sp³-hybridized carbons (Fsp3) is 0.472. The summed E-state index contributed by atoms with van der Waals surface area (Å²) in [6.07, 6.45) is 6.28. The van der Waals surface area contributed by atoms with Crippen LogP contribution in [0.15, 0.2) is 54.7 Å². The van der Waals surface area contributed by atoms with Crippen LogP contribution in [0.1, 0.15) is 87.2 Å². The molecule has 1 aliphatic heterocycles. The molecule has 1 fully saturated rings. The predicted octanol–water partition coefficient (Wildman–Crippen LogP) is 5.34. The molecule has 4 aromatic rings. The van der Waals surface area contributed by atoms with Crippen molar-refractivity contribution in [1.82, 2.24) is 24.8 Å². The number of amides is 2. The van der Waals surface area contributed by atoms with Crippen LogP contribution in [0.4, 0.5) is 16.2 Å². The van der Waals surface area contributed by atoms with Crippen LogP contribution in [0.25, 0.3) is 5.65 Å². The Hall–Kier alpha value is -4.40. The van der Waals surface area contributed by atoms with Gasteiger partial charge in [0.05, 0.1) is 56.2 Å². The number of hydrogen-bond acceptors (Lipinski definition) is 9. The number of methoxy groups -OCH3 is 1. The molecule has 50 heavy (non-hydrogen) atoms. The van der Waals surface area contributed by atoms with E-state index < -0.39 is 16.1 Å². The average molecular weight is 706 g/mol. The average Bonchev–Trinajstić information content (AvgIpc) is 3.68. The topological polar surface area (TPSA) is 151 Å². The van der Waals surface area contributed by atoms with Crippen molar-refractivity contribution in [2.24, 2.45) is 0 Å². The van der Waals surface area contributed by atoms with Crippen LogP contribution in [0.5, 0.6) is 11.5 Å². The Kier molecular flexibility index (Phi) is 9.98. The first kappa shape index (κ1) is 35.4. The van der Waals surface area contributed by atoms with Gasteiger partial charge in [-0.15, -0.1) is 10.2 Å². The van der Waals surface area contributed by atoms with E-state index in [0.717, 1.165) is 58.1 Å². The van der Waals surface area contributed by atoms with Gasteiger partial charge in [-0.3, -0.25) is 13.6 Å². The minimum Gasteiger partial charge on any atom is -0.492 e. The largest absolute Gasteiger partial charge is 0.492 e. The highest BCUT2D eigenvalue weighted by Crippen LogP contribution is 2.42. The summed E-state index contributed by atoms with van der Waals surface area (Å²) in [6, 6.07) is 14.8. The normalized spacial score (nSPS) is 19.6. The molecule has 2 amide bonds. The summed E-state index contributed by atoms with van der Waals surface area (Å²) in [7, 11) is -0.239. The number of anilines is 2. The molecule has 0 bridgehead atoms. The number of sulfonamides is 1. The number of likely N-dealkylation sites (tertiary alicyclic amines) is 1. The van der Waals surface area contributed by atoms with Gasteiger partial charge < -0.3 is 25.2 Å². The number of aromatic nitrogens is 3. The lowest BCUT2D eigenvalue weighted by molar-refractivity contribution is 0.171. The first-order valence-corrected chi connectivity index (χ1v) is 18.8. The number of hydrogen-bond donors (Lipinski definition) is 3. The van der Waals surface area contributed by atoms with Crippen molar-refractivity contribution in [3.8, 4) is 11.5 Å². The fourth-order valence-electron chi connectivity index (χ4n) is 7.02. The van der Waals surface area contributed by atoms with E-state index >= 15 is 0 Å². The zero-order valence-electron chi connectivity index (χ0n) is 29.5. The number of aliphatic hydroxyl groups is 1. The van der Waals surface area contributed by atoms with E-state index in [2.05, 4.69) is 32.8 Å². The number of rotatable bonds is 10. The van der Waals surface area contributed by atoms with Gasteiger partial charge in [0.15, 0.2) is 17.2 Å². The van der Waals surface area contributed by atoms with Crippen LogP contribution in [0.2, 0.25) is 0 Å². The van der Waals surface area contributed by atoms with E-state index in [1.807, 2.05) is 67.8 Å². The van der Waals surface area contributed by atoms with Crippen LogP contribution in [0.3, 0.4) is 0 Å². The monoisotopic (exact) mass is 705 g/mol. The summed E-state index contributed by atoms with van der Waals surface area (Å²) in [5.41, 5.74) is 3.68. The highest BCUT2D eigenvalue weighted by atomic mass is 32.2. The summed E-state index contributed by atoms with van der Waals surface area (Å²) >= 11 is 0. The van der Waals surface area contributed by atoms with Crippen LogP contribution < -0.4 is 24.4 Å². The number of nitrogens with zero attached hydrogens (tertiary/aromatic N) is 5. The molecule has 3 atom stereocenters. The second kappa shape index (κ2) is 14.1.